The van der Waals surface area contributed by atoms with Crippen molar-refractivity contribution in [3.8, 4) is 6.07 Å². The summed E-state index contributed by atoms with van der Waals surface area (Å²) < 4.78 is 0. The lowest BCUT2D eigenvalue weighted by molar-refractivity contribution is 0.0949. The Hall–Kier alpha value is -3.72. The van der Waals surface area contributed by atoms with Crippen LogP contribution in [0.25, 0.3) is 0 Å². The third-order valence-electron chi connectivity index (χ3n) is 3.68. The Balaban J connectivity index is 1.61. The Morgan fingerprint density at radius 1 is 1.08 bits per heavy atom. The highest BCUT2D eigenvalue weighted by Crippen LogP contribution is 2.14. The molecule has 2 N–H and O–H groups in total. The van der Waals surface area contributed by atoms with Crippen molar-refractivity contribution in [3.63, 3.8) is 0 Å². The summed E-state index contributed by atoms with van der Waals surface area (Å²) in [5.74, 6) is 0.0490. The molecule has 0 saturated carbocycles. The second kappa shape index (κ2) is 8.40. The van der Waals surface area contributed by atoms with Crippen LogP contribution in [-0.4, -0.2) is 22.4 Å². The van der Waals surface area contributed by atoms with E-state index in [2.05, 4.69) is 26.7 Å². The molecule has 0 saturated heterocycles. The minimum Gasteiger partial charge on any atom is -0.350 e. The summed E-state index contributed by atoms with van der Waals surface area (Å²) >= 11 is 0. The molecule has 6 heteroatoms. The molecule has 1 amide bonds. The number of nitrogens with zero attached hydrogens (tertiary/aromatic N) is 3. The second-order valence-corrected chi connectivity index (χ2v) is 5.57. The quantitative estimate of drug-likeness (QED) is 0.718. The molecule has 0 aliphatic carbocycles. The summed E-state index contributed by atoms with van der Waals surface area (Å²) in [7, 11) is 0. The van der Waals surface area contributed by atoms with Crippen LogP contribution in [0.1, 0.15) is 21.6 Å². The van der Waals surface area contributed by atoms with Crippen molar-refractivity contribution in [1.82, 2.24) is 15.3 Å². The highest BCUT2D eigenvalue weighted by molar-refractivity contribution is 5.92. The number of hydrogen-bond acceptors (Lipinski definition) is 5. The molecule has 0 fully saturated rings. The van der Waals surface area contributed by atoms with Crippen molar-refractivity contribution in [2.75, 3.05) is 11.9 Å². The predicted octanol–water partition coefficient (Wildman–Crippen LogP) is 3.06. The van der Waals surface area contributed by atoms with Gasteiger partial charge >= 0.3 is 0 Å². The Bertz CT molecular complexity index is 934. The van der Waals surface area contributed by atoms with Gasteiger partial charge in [0, 0.05) is 18.4 Å². The van der Waals surface area contributed by atoms with Gasteiger partial charge in [-0.25, -0.2) is 9.97 Å². The van der Waals surface area contributed by atoms with E-state index in [-0.39, 0.29) is 11.6 Å². The van der Waals surface area contributed by atoms with Gasteiger partial charge in [0.2, 0.25) is 5.95 Å². The van der Waals surface area contributed by atoms with Gasteiger partial charge < -0.3 is 10.6 Å². The van der Waals surface area contributed by atoms with Gasteiger partial charge in [-0.1, -0.05) is 36.4 Å². The van der Waals surface area contributed by atoms with Crippen LogP contribution in [0.4, 0.5) is 11.6 Å². The summed E-state index contributed by atoms with van der Waals surface area (Å²) in [6.07, 6.45) is 2.28. The number of benzene rings is 2. The molecule has 0 bridgehead atoms. The first-order valence-electron chi connectivity index (χ1n) is 8.17. The SMILES string of the molecule is N#Cc1cccc(Nc2nccc(C(=O)NCCc3ccccc3)n2)c1. The van der Waals surface area contributed by atoms with E-state index in [1.54, 1.807) is 30.3 Å². The van der Waals surface area contributed by atoms with Gasteiger partial charge in [-0.3, -0.25) is 4.79 Å². The molecule has 0 aliphatic heterocycles. The number of nitrogens with one attached hydrogen (secondary N) is 2. The number of hydrogen-bond donors (Lipinski definition) is 2. The number of carbonyl (C=O) groups is 1. The van der Waals surface area contributed by atoms with Crippen LogP contribution in [0.15, 0.2) is 66.9 Å². The average molecular weight is 343 g/mol. The van der Waals surface area contributed by atoms with Gasteiger partial charge in [0.25, 0.3) is 5.91 Å². The first-order chi connectivity index (χ1) is 12.7. The molecule has 6 nitrogen and oxygen atoms in total. The Kier molecular flexibility index (Phi) is 5.53. The average Bonchev–Trinajstić information content (AvgIpc) is 2.69. The summed E-state index contributed by atoms with van der Waals surface area (Å²) in [6.45, 7) is 0.528. The van der Waals surface area contributed by atoms with E-state index < -0.39 is 0 Å². The van der Waals surface area contributed by atoms with E-state index in [0.29, 0.717) is 23.7 Å². The Morgan fingerprint density at radius 2 is 1.92 bits per heavy atom. The van der Waals surface area contributed by atoms with Gasteiger partial charge in [-0.05, 0) is 36.2 Å². The molecule has 3 rings (SSSR count). The fourth-order valence-corrected chi connectivity index (χ4v) is 2.40. The van der Waals surface area contributed by atoms with Crippen molar-refractivity contribution in [2.24, 2.45) is 0 Å². The topological polar surface area (TPSA) is 90.7 Å². The lowest BCUT2D eigenvalue weighted by Crippen LogP contribution is -2.26. The highest BCUT2D eigenvalue weighted by Gasteiger charge is 2.08. The van der Waals surface area contributed by atoms with Crippen LogP contribution in [0, 0.1) is 11.3 Å². The van der Waals surface area contributed by atoms with Crippen molar-refractivity contribution in [3.05, 3.63) is 83.7 Å². The Labute approximate surface area is 151 Å². The second-order valence-electron chi connectivity index (χ2n) is 5.57. The molecule has 128 valence electrons. The zero-order valence-electron chi connectivity index (χ0n) is 14.0. The zero-order valence-corrected chi connectivity index (χ0v) is 14.0. The zero-order chi connectivity index (χ0) is 18.2. The minimum atomic E-state index is -0.253. The number of anilines is 2. The maximum Gasteiger partial charge on any atom is 0.270 e. The number of amides is 1. The number of rotatable bonds is 6. The molecule has 0 unspecified atom stereocenters. The van der Waals surface area contributed by atoms with Crippen molar-refractivity contribution >= 4 is 17.5 Å². The van der Waals surface area contributed by atoms with E-state index in [1.807, 2.05) is 30.3 Å². The molecular weight excluding hydrogens is 326 g/mol. The molecule has 26 heavy (non-hydrogen) atoms. The normalized spacial score (nSPS) is 9.96. The van der Waals surface area contributed by atoms with Crippen molar-refractivity contribution < 1.29 is 4.79 Å². The van der Waals surface area contributed by atoms with Gasteiger partial charge in [0.1, 0.15) is 5.69 Å². The van der Waals surface area contributed by atoms with E-state index in [0.717, 1.165) is 12.0 Å². The largest absolute Gasteiger partial charge is 0.350 e. The highest BCUT2D eigenvalue weighted by atomic mass is 16.1. The first kappa shape index (κ1) is 17.1. The minimum absolute atomic E-state index is 0.253. The molecule has 0 atom stereocenters. The molecule has 1 heterocycles. The number of nitriles is 1. The first-order valence-corrected chi connectivity index (χ1v) is 8.17. The molecule has 0 aliphatic rings. The summed E-state index contributed by atoms with van der Waals surface area (Å²) in [5, 5.41) is 14.8. The third-order valence-corrected chi connectivity index (χ3v) is 3.68. The van der Waals surface area contributed by atoms with E-state index in [4.69, 9.17) is 5.26 Å². The van der Waals surface area contributed by atoms with Crippen molar-refractivity contribution in [2.45, 2.75) is 6.42 Å². The van der Waals surface area contributed by atoms with Gasteiger partial charge in [0.15, 0.2) is 0 Å². The molecule has 1 aromatic heterocycles. The molecule has 0 spiro atoms. The van der Waals surface area contributed by atoms with E-state index in [1.165, 1.54) is 6.20 Å². The van der Waals surface area contributed by atoms with E-state index in [9.17, 15) is 4.79 Å². The lowest BCUT2D eigenvalue weighted by atomic mass is 10.1. The van der Waals surface area contributed by atoms with Gasteiger partial charge in [-0.2, -0.15) is 5.26 Å². The molecule has 2 aromatic carbocycles. The monoisotopic (exact) mass is 343 g/mol. The molecule has 0 radical (unpaired) electrons. The van der Waals surface area contributed by atoms with Crippen LogP contribution >= 0.6 is 0 Å². The van der Waals surface area contributed by atoms with Crippen LogP contribution in [0.2, 0.25) is 0 Å². The Morgan fingerprint density at radius 3 is 2.73 bits per heavy atom. The maximum atomic E-state index is 12.3. The van der Waals surface area contributed by atoms with Crippen LogP contribution < -0.4 is 10.6 Å². The fourth-order valence-electron chi connectivity index (χ4n) is 2.40. The number of carbonyl (C=O) groups excluding carboxylic acids is 1. The third kappa shape index (κ3) is 4.65. The fraction of sp³-hybridized carbons (Fsp3) is 0.100. The smallest absolute Gasteiger partial charge is 0.270 e. The lowest BCUT2D eigenvalue weighted by Gasteiger charge is -2.08. The summed E-state index contributed by atoms with van der Waals surface area (Å²) in [5.41, 5.74) is 2.66. The van der Waals surface area contributed by atoms with E-state index >= 15 is 0 Å². The standard InChI is InChI=1S/C20H17N5O/c21-14-16-7-4-8-17(13-16)24-20-23-12-10-18(25-20)19(26)22-11-9-15-5-2-1-3-6-15/h1-8,10,12-13H,9,11H2,(H,22,26)(H,23,24,25). The van der Waals surface area contributed by atoms with Crippen LogP contribution in [0.3, 0.4) is 0 Å². The number of aromatic nitrogens is 2. The predicted molar refractivity (Wildman–Crippen MR) is 99.0 cm³/mol. The van der Waals surface area contributed by atoms with Gasteiger partial charge in [-0.15, -0.1) is 0 Å². The van der Waals surface area contributed by atoms with Gasteiger partial charge in [0.05, 0.1) is 11.6 Å². The summed E-state index contributed by atoms with van der Waals surface area (Å²) in [4.78, 5) is 20.6. The van der Waals surface area contributed by atoms with Crippen molar-refractivity contribution in [1.29, 1.82) is 5.26 Å². The molecular formula is C20H17N5O. The summed E-state index contributed by atoms with van der Waals surface area (Å²) in [6, 6.07) is 20.6. The van der Waals surface area contributed by atoms with Crippen LogP contribution in [-0.2, 0) is 6.42 Å². The molecule has 3 aromatic rings. The van der Waals surface area contributed by atoms with Crippen LogP contribution in [0.5, 0.6) is 0 Å². The maximum absolute atomic E-state index is 12.3.